The predicted octanol–water partition coefficient (Wildman–Crippen LogP) is 4.11. The Morgan fingerprint density at radius 2 is 1.91 bits per heavy atom. The van der Waals surface area contributed by atoms with E-state index < -0.39 is 0 Å². The van der Waals surface area contributed by atoms with Crippen LogP contribution in [0, 0.1) is 13.8 Å². The maximum Gasteiger partial charge on any atom is 0.143 e. The van der Waals surface area contributed by atoms with Crippen LogP contribution in [-0.4, -0.2) is 21.6 Å². The van der Waals surface area contributed by atoms with E-state index in [9.17, 15) is 0 Å². The number of benzene rings is 1. The zero-order valence-corrected chi connectivity index (χ0v) is 13.1. The molecule has 0 saturated heterocycles. The van der Waals surface area contributed by atoms with E-state index in [0.717, 1.165) is 52.8 Å². The first-order chi connectivity index (χ1) is 10.7. The molecule has 0 aliphatic carbocycles. The fraction of sp³-hybridized carbons (Fsp3) is 0.294. The van der Waals surface area contributed by atoms with Gasteiger partial charge in [-0.15, -0.1) is 0 Å². The van der Waals surface area contributed by atoms with Crippen LogP contribution in [0.2, 0.25) is 0 Å². The van der Waals surface area contributed by atoms with E-state index in [0.29, 0.717) is 0 Å². The highest BCUT2D eigenvalue weighted by Crippen LogP contribution is 2.25. The lowest BCUT2D eigenvalue weighted by Gasteiger charge is -2.09. The molecule has 2 aromatic heterocycles. The van der Waals surface area contributed by atoms with Crippen molar-refractivity contribution in [2.45, 2.75) is 27.2 Å². The Morgan fingerprint density at radius 3 is 2.64 bits per heavy atom. The molecular formula is C17H20N4O. The second-order valence-electron chi connectivity index (χ2n) is 5.33. The van der Waals surface area contributed by atoms with Crippen molar-refractivity contribution in [1.29, 1.82) is 0 Å². The van der Waals surface area contributed by atoms with E-state index in [1.54, 1.807) is 0 Å². The Balaban J connectivity index is 1.86. The molecule has 5 heteroatoms. The smallest absolute Gasteiger partial charge is 0.143 e. The Kier molecular flexibility index (Phi) is 3.96. The molecule has 0 unspecified atom stereocenters. The van der Waals surface area contributed by atoms with Crippen LogP contribution in [0.3, 0.4) is 0 Å². The van der Waals surface area contributed by atoms with Crippen molar-refractivity contribution in [3.63, 3.8) is 0 Å². The zero-order valence-electron chi connectivity index (χ0n) is 13.1. The fourth-order valence-corrected chi connectivity index (χ4v) is 2.34. The van der Waals surface area contributed by atoms with Crippen molar-refractivity contribution in [2.75, 3.05) is 11.9 Å². The van der Waals surface area contributed by atoms with Crippen LogP contribution in [0.15, 0.2) is 30.3 Å². The minimum Gasteiger partial charge on any atom is -0.494 e. The Bertz CT molecular complexity index is 777. The molecular weight excluding hydrogens is 276 g/mol. The number of nitrogens with one attached hydrogen (secondary N) is 2. The third-order valence-electron chi connectivity index (χ3n) is 3.32. The Labute approximate surface area is 129 Å². The van der Waals surface area contributed by atoms with Gasteiger partial charge in [0.25, 0.3) is 0 Å². The minimum atomic E-state index is 0.736. The average Bonchev–Trinajstić information content (AvgIpc) is 2.87. The molecule has 0 spiro atoms. The molecule has 0 atom stereocenters. The second-order valence-corrected chi connectivity index (χ2v) is 5.33. The number of fused-ring (bicyclic) bond motifs is 1. The number of aromatic amines is 1. The number of nitrogens with zero attached hydrogens (tertiary/aromatic N) is 2. The average molecular weight is 296 g/mol. The Morgan fingerprint density at radius 1 is 1.14 bits per heavy atom. The highest BCUT2D eigenvalue weighted by atomic mass is 16.5. The number of anilines is 2. The van der Waals surface area contributed by atoms with Crippen LogP contribution in [0.5, 0.6) is 5.75 Å². The highest BCUT2D eigenvalue weighted by Gasteiger charge is 2.08. The van der Waals surface area contributed by atoms with Crippen molar-refractivity contribution in [1.82, 2.24) is 15.0 Å². The molecule has 0 radical (unpaired) electrons. The van der Waals surface area contributed by atoms with Gasteiger partial charge in [0, 0.05) is 11.4 Å². The quantitative estimate of drug-likeness (QED) is 0.744. The van der Waals surface area contributed by atoms with E-state index >= 15 is 0 Å². The lowest BCUT2D eigenvalue weighted by Crippen LogP contribution is -1.99. The summed E-state index contributed by atoms with van der Waals surface area (Å²) < 4.78 is 5.59. The number of rotatable bonds is 5. The maximum absolute atomic E-state index is 5.59. The molecule has 5 nitrogen and oxygen atoms in total. The van der Waals surface area contributed by atoms with Crippen molar-refractivity contribution < 1.29 is 4.74 Å². The van der Waals surface area contributed by atoms with E-state index in [1.807, 2.05) is 38.1 Å². The minimum absolute atomic E-state index is 0.736. The van der Waals surface area contributed by atoms with Gasteiger partial charge in [-0.05, 0) is 50.6 Å². The van der Waals surface area contributed by atoms with E-state index in [-0.39, 0.29) is 0 Å². The largest absolute Gasteiger partial charge is 0.494 e. The van der Waals surface area contributed by atoms with Crippen molar-refractivity contribution in [3.8, 4) is 5.75 Å². The molecule has 22 heavy (non-hydrogen) atoms. The van der Waals surface area contributed by atoms with Gasteiger partial charge < -0.3 is 15.0 Å². The first-order valence-electron chi connectivity index (χ1n) is 7.49. The summed E-state index contributed by atoms with van der Waals surface area (Å²) in [5.41, 5.74) is 2.90. The lowest BCUT2D eigenvalue weighted by atomic mass is 10.3. The molecule has 0 amide bonds. The van der Waals surface area contributed by atoms with Gasteiger partial charge in [0.1, 0.15) is 23.0 Å². The normalized spacial score (nSPS) is 10.9. The lowest BCUT2D eigenvalue weighted by molar-refractivity contribution is 0.317. The van der Waals surface area contributed by atoms with Crippen molar-refractivity contribution >= 4 is 22.5 Å². The topological polar surface area (TPSA) is 62.8 Å². The predicted molar refractivity (Wildman–Crippen MR) is 88.9 cm³/mol. The Hall–Kier alpha value is -2.56. The fourth-order valence-electron chi connectivity index (χ4n) is 2.34. The van der Waals surface area contributed by atoms with E-state index in [2.05, 4.69) is 33.3 Å². The standard InChI is InChI=1S/C17H20N4O/c1-4-9-22-14-7-5-13(6-8-14)21-17-15-10-11(2)18-16(15)19-12(3)20-17/h5-8,10H,4,9H2,1-3H3,(H2,18,19,20,21). The molecule has 114 valence electrons. The van der Waals surface area contributed by atoms with Gasteiger partial charge in [-0.3, -0.25) is 0 Å². The maximum atomic E-state index is 5.59. The molecule has 0 fully saturated rings. The summed E-state index contributed by atoms with van der Waals surface area (Å²) >= 11 is 0. The van der Waals surface area contributed by atoms with Gasteiger partial charge >= 0.3 is 0 Å². The second kappa shape index (κ2) is 6.05. The van der Waals surface area contributed by atoms with Gasteiger partial charge in [-0.25, -0.2) is 9.97 Å². The van der Waals surface area contributed by atoms with Crippen LogP contribution >= 0.6 is 0 Å². The first-order valence-corrected chi connectivity index (χ1v) is 7.49. The molecule has 2 heterocycles. The molecule has 2 N–H and O–H groups in total. The summed E-state index contributed by atoms with van der Waals surface area (Å²) in [4.78, 5) is 12.2. The number of aromatic nitrogens is 3. The molecule has 0 aliphatic rings. The van der Waals surface area contributed by atoms with Gasteiger partial charge in [-0.2, -0.15) is 0 Å². The summed E-state index contributed by atoms with van der Waals surface area (Å²) in [7, 11) is 0. The molecule has 3 aromatic rings. The molecule has 3 rings (SSSR count). The number of hydrogen-bond donors (Lipinski definition) is 2. The number of ether oxygens (including phenoxy) is 1. The number of H-pyrrole nitrogens is 1. The van der Waals surface area contributed by atoms with Crippen molar-refractivity contribution in [2.24, 2.45) is 0 Å². The molecule has 0 aliphatic heterocycles. The summed E-state index contributed by atoms with van der Waals surface area (Å²) in [5.74, 6) is 2.43. The number of hydrogen-bond acceptors (Lipinski definition) is 4. The first kappa shape index (κ1) is 14.4. The summed E-state index contributed by atoms with van der Waals surface area (Å²) in [6, 6.07) is 9.97. The molecule has 0 saturated carbocycles. The third-order valence-corrected chi connectivity index (χ3v) is 3.32. The van der Waals surface area contributed by atoms with Gasteiger partial charge in [0.05, 0.1) is 12.0 Å². The van der Waals surface area contributed by atoms with Crippen molar-refractivity contribution in [3.05, 3.63) is 41.9 Å². The van der Waals surface area contributed by atoms with Crippen LogP contribution < -0.4 is 10.1 Å². The van der Waals surface area contributed by atoms with Gasteiger partial charge in [0.2, 0.25) is 0 Å². The van der Waals surface area contributed by atoms with Crippen LogP contribution in [0.4, 0.5) is 11.5 Å². The summed E-state index contributed by atoms with van der Waals surface area (Å²) in [6.45, 7) is 6.74. The summed E-state index contributed by atoms with van der Waals surface area (Å²) in [5, 5.41) is 4.35. The van der Waals surface area contributed by atoms with E-state index in [1.165, 1.54) is 0 Å². The van der Waals surface area contributed by atoms with Crippen LogP contribution in [-0.2, 0) is 0 Å². The number of aryl methyl sites for hydroxylation is 2. The third kappa shape index (κ3) is 3.03. The van der Waals surface area contributed by atoms with Gasteiger partial charge in [0.15, 0.2) is 0 Å². The van der Waals surface area contributed by atoms with Crippen LogP contribution in [0.1, 0.15) is 24.9 Å². The highest BCUT2D eigenvalue weighted by molar-refractivity contribution is 5.89. The van der Waals surface area contributed by atoms with Crippen LogP contribution in [0.25, 0.3) is 11.0 Å². The summed E-state index contributed by atoms with van der Waals surface area (Å²) in [6.07, 6.45) is 1.00. The molecule has 0 bridgehead atoms. The zero-order chi connectivity index (χ0) is 15.5. The van der Waals surface area contributed by atoms with Gasteiger partial charge in [-0.1, -0.05) is 6.92 Å². The van der Waals surface area contributed by atoms with E-state index in [4.69, 9.17) is 4.74 Å². The SMILES string of the molecule is CCCOc1ccc(Nc2nc(C)nc3[nH]c(C)cc23)cc1. The monoisotopic (exact) mass is 296 g/mol. The molecule has 1 aromatic carbocycles.